The molecule has 2 rings (SSSR count). The fourth-order valence-corrected chi connectivity index (χ4v) is 2.48. The molecule has 0 saturated heterocycles. The Balaban J connectivity index is 2.80. The molecule has 2 aromatic rings. The van der Waals surface area contributed by atoms with E-state index in [4.69, 9.17) is 0 Å². The second-order valence-corrected chi connectivity index (χ2v) is 4.30. The normalized spacial score (nSPS) is 11.1. The van der Waals surface area contributed by atoms with Gasteiger partial charge in [-0.05, 0) is 32.9 Å². The molecule has 0 aliphatic rings. The van der Waals surface area contributed by atoms with Crippen LogP contribution in [-0.2, 0) is 13.1 Å². The van der Waals surface area contributed by atoms with Gasteiger partial charge in [-0.1, -0.05) is 0 Å². The zero-order chi connectivity index (χ0) is 12.6. The van der Waals surface area contributed by atoms with Crippen LogP contribution in [0.25, 0.3) is 11.0 Å². The molecule has 0 amide bonds. The molecule has 3 nitrogen and oxygen atoms in total. The van der Waals surface area contributed by atoms with Gasteiger partial charge in [0.1, 0.15) is 0 Å². The maximum atomic E-state index is 11.4. The van der Waals surface area contributed by atoms with Crippen LogP contribution in [0.3, 0.4) is 0 Å². The van der Waals surface area contributed by atoms with Crippen LogP contribution in [0, 0.1) is 6.92 Å². The number of carbonyl (C=O) groups is 1. The molecule has 3 heteroatoms. The first-order chi connectivity index (χ1) is 8.10. The third kappa shape index (κ3) is 1.75. The van der Waals surface area contributed by atoms with Crippen molar-refractivity contribution >= 4 is 16.8 Å². The fourth-order valence-electron chi connectivity index (χ4n) is 2.48. The van der Waals surface area contributed by atoms with E-state index in [0.29, 0.717) is 0 Å². The van der Waals surface area contributed by atoms with E-state index < -0.39 is 0 Å². The number of fused-ring (bicyclic) bond motifs is 1. The van der Waals surface area contributed by atoms with Crippen molar-refractivity contribution in [1.82, 2.24) is 4.57 Å². The van der Waals surface area contributed by atoms with Crippen LogP contribution in [0.2, 0.25) is 0 Å². The summed E-state index contributed by atoms with van der Waals surface area (Å²) < 4.78 is 4.54. The van der Waals surface area contributed by atoms with Crippen LogP contribution in [0.1, 0.15) is 37.0 Å². The van der Waals surface area contributed by atoms with Crippen LogP contribution < -0.4 is 4.57 Å². The smallest absolute Gasteiger partial charge is 0.254 e. The molecule has 0 aliphatic carbocycles. The quantitative estimate of drug-likeness (QED) is 0.588. The number of hydrogen-bond donors (Lipinski definition) is 0. The van der Waals surface area contributed by atoms with Crippen molar-refractivity contribution in [3.05, 3.63) is 29.6 Å². The van der Waals surface area contributed by atoms with E-state index in [1.54, 1.807) is 6.92 Å². The van der Waals surface area contributed by atoms with E-state index in [2.05, 4.69) is 36.0 Å². The van der Waals surface area contributed by atoms with Crippen LogP contribution >= 0.6 is 0 Å². The monoisotopic (exact) mass is 231 g/mol. The number of hydrogen-bond acceptors (Lipinski definition) is 1. The van der Waals surface area contributed by atoms with Crippen LogP contribution in [0.5, 0.6) is 0 Å². The van der Waals surface area contributed by atoms with Crippen molar-refractivity contribution < 1.29 is 9.36 Å². The molecule has 90 valence electrons. The molecular weight excluding hydrogens is 212 g/mol. The maximum Gasteiger partial charge on any atom is 0.254 e. The van der Waals surface area contributed by atoms with Crippen LogP contribution in [0.4, 0.5) is 0 Å². The summed E-state index contributed by atoms with van der Waals surface area (Å²) in [5.74, 6) is 1.36. The molecule has 0 aliphatic heterocycles. The van der Waals surface area contributed by atoms with Gasteiger partial charge in [-0.25, -0.2) is 9.13 Å². The summed E-state index contributed by atoms with van der Waals surface area (Å²) in [5.41, 5.74) is 3.14. The second-order valence-electron chi connectivity index (χ2n) is 4.30. The lowest BCUT2D eigenvalue weighted by molar-refractivity contribution is -0.674. The van der Waals surface area contributed by atoms with Gasteiger partial charge in [0, 0.05) is 18.6 Å². The highest BCUT2D eigenvalue weighted by Gasteiger charge is 2.19. The Morgan fingerprint density at radius 1 is 1.35 bits per heavy atom. The maximum absolute atomic E-state index is 11.4. The summed E-state index contributed by atoms with van der Waals surface area (Å²) in [6.07, 6.45) is 0. The summed E-state index contributed by atoms with van der Waals surface area (Å²) in [6.45, 7) is 9.89. The number of aryl methyl sites for hydroxylation is 2. The molecule has 1 aromatic heterocycles. The molecule has 0 spiro atoms. The summed E-state index contributed by atoms with van der Waals surface area (Å²) in [7, 11) is 0. The number of imidazole rings is 1. The Morgan fingerprint density at radius 2 is 2.06 bits per heavy atom. The van der Waals surface area contributed by atoms with Gasteiger partial charge in [-0.15, -0.1) is 0 Å². The zero-order valence-electron chi connectivity index (χ0n) is 10.9. The third-order valence-corrected chi connectivity index (χ3v) is 3.38. The topological polar surface area (TPSA) is 25.9 Å². The van der Waals surface area contributed by atoms with E-state index in [1.165, 1.54) is 11.3 Å². The highest BCUT2D eigenvalue weighted by Crippen LogP contribution is 2.17. The standard InChI is InChI=1S/C14H19N2O/c1-5-15-11(4)16(6-2)14-9-12(10(3)17)7-8-13(14)15/h7-9H,5-6H2,1-4H3/q+1. The highest BCUT2D eigenvalue weighted by molar-refractivity contribution is 5.96. The molecule has 17 heavy (non-hydrogen) atoms. The molecule has 1 aromatic carbocycles. The molecule has 0 radical (unpaired) electrons. The first kappa shape index (κ1) is 11.8. The van der Waals surface area contributed by atoms with Gasteiger partial charge >= 0.3 is 0 Å². The van der Waals surface area contributed by atoms with Gasteiger partial charge in [0.15, 0.2) is 16.8 Å². The molecule has 0 N–H and O–H groups in total. The number of Topliss-reactive ketones (excluding diaryl/α,β-unsaturated/α-hetero) is 1. The van der Waals surface area contributed by atoms with Gasteiger partial charge in [0.2, 0.25) is 0 Å². The average Bonchev–Trinajstić information content (AvgIpc) is 2.58. The van der Waals surface area contributed by atoms with Gasteiger partial charge in [0.25, 0.3) is 5.82 Å². The number of ketones is 1. The Hall–Kier alpha value is -1.64. The predicted octanol–water partition coefficient (Wildman–Crippen LogP) is 2.48. The van der Waals surface area contributed by atoms with Crippen molar-refractivity contribution in [2.45, 2.75) is 40.8 Å². The minimum atomic E-state index is 0.122. The number of nitrogens with zero attached hydrogens (tertiary/aromatic N) is 2. The molecular formula is C14H19N2O+. The third-order valence-electron chi connectivity index (χ3n) is 3.38. The van der Waals surface area contributed by atoms with Crippen molar-refractivity contribution in [3.63, 3.8) is 0 Å². The number of rotatable bonds is 3. The summed E-state index contributed by atoms with van der Waals surface area (Å²) >= 11 is 0. The fraction of sp³-hybridized carbons (Fsp3) is 0.429. The van der Waals surface area contributed by atoms with E-state index in [9.17, 15) is 4.79 Å². The Labute approximate surface area is 102 Å². The average molecular weight is 231 g/mol. The highest BCUT2D eigenvalue weighted by atomic mass is 16.1. The Morgan fingerprint density at radius 3 is 2.59 bits per heavy atom. The lowest BCUT2D eigenvalue weighted by Gasteiger charge is -1.96. The number of benzene rings is 1. The van der Waals surface area contributed by atoms with Crippen LogP contribution in [0.15, 0.2) is 18.2 Å². The predicted molar refractivity (Wildman–Crippen MR) is 68.2 cm³/mol. The van der Waals surface area contributed by atoms with Gasteiger partial charge < -0.3 is 0 Å². The van der Waals surface area contributed by atoms with Crippen molar-refractivity contribution in [1.29, 1.82) is 0 Å². The lowest BCUT2D eigenvalue weighted by atomic mass is 10.1. The summed E-state index contributed by atoms with van der Waals surface area (Å²) in [5, 5.41) is 0. The van der Waals surface area contributed by atoms with E-state index >= 15 is 0 Å². The van der Waals surface area contributed by atoms with Crippen molar-refractivity contribution in [2.75, 3.05) is 0 Å². The minimum Gasteiger partial charge on any atom is -0.295 e. The molecule has 1 heterocycles. The van der Waals surface area contributed by atoms with Crippen molar-refractivity contribution in [2.24, 2.45) is 0 Å². The largest absolute Gasteiger partial charge is 0.295 e. The van der Waals surface area contributed by atoms with Crippen molar-refractivity contribution in [3.8, 4) is 0 Å². The summed E-state index contributed by atoms with van der Waals surface area (Å²) in [6, 6.07) is 5.96. The molecule has 0 unspecified atom stereocenters. The first-order valence-corrected chi connectivity index (χ1v) is 6.13. The van der Waals surface area contributed by atoms with E-state index in [-0.39, 0.29) is 5.78 Å². The van der Waals surface area contributed by atoms with Gasteiger partial charge in [-0.2, -0.15) is 0 Å². The SMILES string of the molecule is CCn1c(C)[n+](CC)c2ccc(C(C)=O)cc21. The minimum absolute atomic E-state index is 0.122. The van der Waals surface area contributed by atoms with Crippen LogP contribution in [-0.4, -0.2) is 10.4 Å². The Kier molecular flexibility index (Phi) is 3.01. The molecule has 0 bridgehead atoms. The molecule has 0 atom stereocenters. The first-order valence-electron chi connectivity index (χ1n) is 6.13. The second kappa shape index (κ2) is 4.32. The number of aromatic nitrogens is 2. The molecule has 0 fully saturated rings. The summed E-state index contributed by atoms with van der Waals surface area (Å²) in [4.78, 5) is 11.4. The zero-order valence-corrected chi connectivity index (χ0v) is 10.9. The van der Waals surface area contributed by atoms with E-state index in [0.717, 1.165) is 24.2 Å². The van der Waals surface area contributed by atoms with Gasteiger partial charge in [-0.3, -0.25) is 4.79 Å². The molecule has 0 saturated carbocycles. The Bertz CT molecular complexity index is 581. The van der Waals surface area contributed by atoms with Gasteiger partial charge in [0.05, 0.1) is 13.1 Å². The number of carbonyl (C=O) groups excluding carboxylic acids is 1. The lowest BCUT2D eigenvalue weighted by Crippen LogP contribution is -2.35. The van der Waals surface area contributed by atoms with E-state index in [1.807, 2.05) is 12.1 Å².